The molecule has 1 aliphatic rings. The Kier molecular flexibility index (Phi) is 4.42. The number of carbonyl (C=O) groups excluding carboxylic acids is 1. The van der Waals surface area contributed by atoms with Crippen molar-refractivity contribution in [2.75, 3.05) is 13.1 Å². The Hall–Kier alpha value is -2.30. The average Bonchev–Trinajstić information content (AvgIpc) is 2.56. The van der Waals surface area contributed by atoms with Crippen molar-refractivity contribution in [3.63, 3.8) is 0 Å². The third-order valence-electron chi connectivity index (χ3n) is 4.14. The van der Waals surface area contributed by atoms with E-state index in [1.807, 2.05) is 29.3 Å². The molecule has 5 heteroatoms. The van der Waals surface area contributed by atoms with Gasteiger partial charge in [0.15, 0.2) is 0 Å². The van der Waals surface area contributed by atoms with Crippen molar-refractivity contribution in [3.8, 4) is 11.3 Å². The lowest BCUT2D eigenvalue weighted by molar-refractivity contribution is -0.130. The molecule has 0 aliphatic carbocycles. The summed E-state index contributed by atoms with van der Waals surface area (Å²) in [6.07, 6.45) is 8.29. The topological polar surface area (TPSA) is 59.0 Å². The van der Waals surface area contributed by atoms with Crippen molar-refractivity contribution >= 4 is 5.91 Å². The van der Waals surface area contributed by atoms with Crippen molar-refractivity contribution in [2.45, 2.75) is 26.2 Å². The van der Waals surface area contributed by atoms with Gasteiger partial charge in [-0.25, -0.2) is 9.97 Å². The minimum atomic E-state index is 0.170. The molecule has 0 aromatic carbocycles. The van der Waals surface area contributed by atoms with Gasteiger partial charge in [0.1, 0.15) is 6.33 Å². The molecule has 3 heterocycles. The van der Waals surface area contributed by atoms with Crippen LogP contribution in [0.3, 0.4) is 0 Å². The van der Waals surface area contributed by atoms with Gasteiger partial charge < -0.3 is 4.90 Å². The highest BCUT2D eigenvalue weighted by molar-refractivity contribution is 5.73. The van der Waals surface area contributed by atoms with Crippen LogP contribution in [0.4, 0.5) is 0 Å². The molecule has 3 rings (SSSR count). The fourth-order valence-electron chi connectivity index (χ4n) is 2.99. The standard InChI is InChI=1S/C17H20N4O/c1-13(22)21-7-3-4-14(11-21)8-16-9-17(20-12-19-16)15-5-2-6-18-10-15/h2,5-6,9-10,12,14H,3-4,7-8,11H2,1H3. The largest absolute Gasteiger partial charge is 0.343 e. The highest BCUT2D eigenvalue weighted by atomic mass is 16.2. The summed E-state index contributed by atoms with van der Waals surface area (Å²) in [5, 5.41) is 0. The van der Waals surface area contributed by atoms with E-state index in [4.69, 9.17) is 0 Å². The molecular formula is C17H20N4O. The first-order valence-electron chi connectivity index (χ1n) is 7.69. The normalized spacial score (nSPS) is 18.2. The zero-order chi connectivity index (χ0) is 15.4. The summed E-state index contributed by atoms with van der Waals surface area (Å²) in [5.41, 5.74) is 2.93. The lowest BCUT2D eigenvalue weighted by Gasteiger charge is -2.31. The molecule has 1 unspecified atom stereocenters. The second-order valence-corrected chi connectivity index (χ2v) is 5.81. The molecule has 1 atom stereocenters. The minimum absolute atomic E-state index is 0.170. The molecule has 1 saturated heterocycles. The van der Waals surface area contributed by atoms with E-state index in [9.17, 15) is 4.79 Å². The monoisotopic (exact) mass is 296 g/mol. The van der Waals surface area contributed by atoms with Gasteiger partial charge in [0.25, 0.3) is 0 Å². The van der Waals surface area contributed by atoms with Crippen LogP contribution in [0.25, 0.3) is 11.3 Å². The van der Waals surface area contributed by atoms with E-state index in [-0.39, 0.29) is 5.91 Å². The number of hydrogen-bond acceptors (Lipinski definition) is 4. The van der Waals surface area contributed by atoms with E-state index in [2.05, 4.69) is 15.0 Å². The molecule has 1 fully saturated rings. The Bertz CT molecular complexity index is 644. The molecule has 5 nitrogen and oxygen atoms in total. The third-order valence-corrected chi connectivity index (χ3v) is 4.14. The number of piperidine rings is 1. The molecule has 1 aliphatic heterocycles. The van der Waals surface area contributed by atoms with E-state index in [0.717, 1.165) is 49.3 Å². The van der Waals surface area contributed by atoms with Gasteiger partial charge in [-0.1, -0.05) is 0 Å². The van der Waals surface area contributed by atoms with Crippen LogP contribution in [0.15, 0.2) is 36.9 Å². The maximum atomic E-state index is 11.5. The molecule has 0 bridgehead atoms. The van der Waals surface area contributed by atoms with Gasteiger partial charge in [0, 0.05) is 43.7 Å². The zero-order valence-corrected chi connectivity index (χ0v) is 12.8. The van der Waals surface area contributed by atoms with Gasteiger partial charge in [-0.15, -0.1) is 0 Å². The zero-order valence-electron chi connectivity index (χ0n) is 12.8. The summed E-state index contributed by atoms with van der Waals surface area (Å²) in [6, 6.07) is 5.93. The number of carbonyl (C=O) groups is 1. The predicted molar refractivity (Wildman–Crippen MR) is 83.9 cm³/mol. The van der Waals surface area contributed by atoms with Crippen molar-refractivity contribution in [1.82, 2.24) is 19.9 Å². The van der Waals surface area contributed by atoms with Gasteiger partial charge in [0.05, 0.1) is 5.69 Å². The number of likely N-dealkylation sites (tertiary alicyclic amines) is 1. The summed E-state index contributed by atoms with van der Waals surface area (Å²) < 4.78 is 0. The van der Waals surface area contributed by atoms with Crippen molar-refractivity contribution in [2.24, 2.45) is 5.92 Å². The molecule has 0 saturated carbocycles. The molecule has 0 radical (unpaired) electrons. The predicted octanol–water partition coefficient (Wildman–Crippen LogP) is 2.34. The Morgan fingerprint density at radius 2 is 2.32 bits per heavy atom. The van der Waals surface area contributed by atoms with E-state index in [1.165, 1.54) is 0 Å². The van der Waals surface area contributed by atoms with E-state index < -0.39 is 0 Å². The number of pyridine rings is 1. The second kappa shape index (κ2) is 6.64. The average molecular weight is 296 g/mol. The fourth-order valence-corrected chi connectivity index (χ4v) is 2.99. The molecule has 114 valence electrons. The highest BCUT2D eigenvalue weighted by Crippen LogP contribution is 2.22. The summed E-state index contributed by atoms with van der Waals surface area (Å²) in [6.45, 7) is 3.37. The fraction of sp³-hybridized carbons (Fsp3) is 0.412. The van der Waals surface area contributed by atoms with Crippen LogP contribution in [-0.4, -0.2) is 38.8 Å². The third kappa shape index (κ3) is 3.47. The molecule has 0 spiro atoms. The smallest absolute Gasteiger partial charge is 0.219 e. The Morgan fingerprint density at radius 3 is 3.09 bits per heavy atom. The van der Waals surface area contributed by atoms with Crippen LogP contribution in [0.1, 0.15) is 25.5 Å². The highest BCUT2D eigenvalue weighted by Gasteiger charge is 2.22. The number of rotatable bonds is 3. The summed E-state index contributed by atoms with van der Waals surface area (Å²) >= 11 is 0. The van der Waals surface area contributed by atoms with Crippen LogP contribution in [0.5, 0.6) is 0 Å². The van der Waals surface area contributed by atoms with Crippen molar-refractivity contribution in [1.29, 1.82) is 0 Å². The molecule has 22 heavy (non-hydrogen) atoms. The lowest BCUT2D eigenvalue weighted by Crippen LogP contribution is -2.39. The number of nitrogens with zero attached hydrogens (tertiary/aromatic N) is 4. The van der Waals surface area contributed by atoms with Crippen LogP contribution in [-0.2, 0) is 11.2 Å². The number of hydrogen-bond donors (Lipinski definition) is 0. The molecule has 2 aromatic rings. The van der Waals surface area contributed by atoms with Gasteiger partial charge in [-0.2, -0.15) is 0 Å². The Labute approximate surface area is 130 Å². The first-order chi connectivity index (χ1) is 10.7. The first kappa shape index (κ1) is 14.6. The second-order valence-electron chi connectivity index (χ2n) is 5.81. The molecule has 2 aromatic heterocycles. The van der Waals surface area contributed by atoms with Crippen LogP contribution < -0.4 is 0 Å². The van der Waals surface area contributed by atoms with E-state index in [1.54, 1.807) is 19.4 Å². The van der Waals surface area contributed by atoms with Gasteiger partial charge in [-0.3, -0.25) is 9.78 Å². The Morgan fingerprint density at radius 1 is 1.41 bits per heavy atom. The molecule has 1 amide bonds. The van der Waals surface area contributed by atoms with Crippen molar-refractivity contribution in [3.05, 3.63) is 42.6 Å². The van der Waals surface area contributed by atoms with Gasteiger partial charge in [-0.05, 0) is 43.4 Å². The first-order valence-corrected chi connectivity index (χ1v) is 7.69. The maximum absolute atomic E-state index is 11.5. The van der Waals surface area contributed by atoms with E-state index in [0.29, 0.717) is 5.92 Å². The molecule has 0 N–H and O–H groups in total. The van der Waals surface area contributed by atoms with Gasteiger partial charge >= 0.3 is 0 Å². The van der Waals surface area contributed by atoms with Crippen LogP contribution >= 0.6 is 0 Å². The number of aromatic nitrogens is 3. The van der Waals surface area contributed by atoms with Crippen molar-refractivity contribution < 1.29 is 4.79 Å². The summed E-state index contributed by atoms with van der Waals surface area (Å²) in [5.74, 6) is 0.651. The quantitative estimate of drug-likeness (QED) is 0.872. The minimum Gasteiger partial charge on any atom is -0.343 e. The molecular weight excluding hydrogens is 276 g/mol. The van der Waals surface area contributed by atoms with E-state index >= 15 is 0 Å². The van der Waals surface area contributed by atoms with Gasteiger partial charge in [0.2, 0.25) is 5.91 Å². The van der Waals surface area contributed by atoms with Crippen LogP contribution in [0, 0.1) is 5.92 Å². The maximum Gasteiger partial charge on any atom is 0.219 e. The Balaban J connectivity index is 1.72. The lowest BCUT2D eigenvalue weighted by atomic mass is 9.93. The summed E-state index contributed by atoms with van der Waals surface area (Å²) in [4.78, 5) is 26.3. The number of amides is 1. The SMILES string of the molecule is CC(=O)N1CCCC(Cc2cc(-c3cccnc3)ncn2)C1. The summed E-state index contributed by atoms with van der Waals surface area (Å²) in [7, 11) is 0. The van der Waals surface area contributed by atoms with Crippen LogP contribution in [0.2, 0.25) is 0 Å².